The molecule has 0 fully saturated rings. The maximum atomic E-state index is 4.22. The van der Waals surface area contributed by atoms with Gasteiger partial charge in [0.1, 0.15) is 0 Å². The van der Waals surface area contributed by atoms with E-state index in [1.807, 2.05) is 33.2 Å². The first-order chi connectivity index (χ1) is 17.3. The van der Waals surface area contributed by atoms with E-state index in [0.717, 1.165) is 51.2 Å². The molecule has 0 aliphatic carbocycles. The van der Waals surface area contributed by atoms with E-state index < -0.39 is 0 Å². The smallest absolute Gasteiger partial charge is 0.0983 e. The number of allylic oxidation sites excluding steroid dienone is 4. The zero-order chi connectivity index (χ0) is 27.8. The Hall–Kier alpha value is -2.54. The van der Waals surface area contributed by atoms with E-state index in [1.165, 1.54) is 22.4 Å². The molecule has 214 valence electrons. The van der Waals surface area contributed by atoms with Gasteiger partial charge >= 0.3 is 0 Å². The fourth-order valence-electron chi connectivity index (χ4n) is 4.58. The van der Waals surface area contributed by atoms with Gasteiger partial charge in [0, 0.05) is 79.0 Å². The van der Waals surface area contributed by atoms with Crippen molar-refractivity contribution in [1.29, 1.82) is 0 Å². The summed E-state index contributed by atoms with van der Waals surface area (Å²) in [7, 11) is 4.05. The Morgan fingerprint density at radius 2 is 1.07 bits per heavy atom. The van der Waals surface area contributed by atoms with Crippen LogP contribution in [-0.2, 0) is 42.1 Å². The van der Waals surface area contributed by atoms with E-state index in [9.17, 15) is 0 Å². The Bertz CT molecular complexity index is 1370. The molecule has 0 radical (unpaired) electrons. The van der Waals surface area contributed by atoms with Crippen molar-refractivity contribution in [2.75, 3.05) is 23.9 Å². The molecule has 2 aromatic rings. The maximum Gasteiger partial charge on any atom is 0.0983 e. The van der Waals surface area contributed by atoms with E-state index in [0.29, 0.717) is 0 Å². The summed E-state index contributed by atoms with van der Waals surface area (Å²) in [6, 6.07) is 14.8. The minimum absolute atomic E-state index is 0. The largest absolute Gasteiger partial charge is 0.352 e. The molecule has 0 spiro atoms. The van der Waals surface area contributed by atoms with Crippen LogP contribution < -0.4 is 9.80 Å². The van der Waals surface area contributed by atoms with Gasteiger partial charge in [-0.15, -0.1) is 11.1 Å². The summed E-state index contributed by atoms with van der Waals surface area (Å²) < 4.78 is 0. The third-order valence-electron chi connectivity index (χ3n) is 7.26. The quantitative estimate of drug-likeness (QED) is 0.281. The molecule has 0 N–H and O–H groups in total. The molecular formula is C34H44N4W2-2. The molecule has 4 nitrogen and oxygen atoms in total. The van der Waals surface area contributed by atoms with Gasteiger partial charge in [-0.3, -0.25) is 0 Å². The number of hydrogen-bond acceptors (Lipinski definition) is 4. The van der Waals surface area contributed by atoms with Crippen LogP contribution in [0.4, 0.5) is 11.4 Å². The van der Waals surface area contributed by atoms with Crippen LogP contribution in [0.25, 0.3) is 0 Å². The van der Waals surface area contributed by atoms with E-state index in [-0.39, 0.29) is 49.6 Å². The molecule has 0 bridgehead atoms. The summed E-state index contributed by atoms with van der Waals surface area (Å²) in [5.74, 6) is 1.84. The molecule has 2 aliphatic rings. The molecule has 2 heterocycles. The standard InChI is InChI=1S/C17H21N2.C16H19N2.CH4.2W/c1-11-8-9-17(12(2)10-11)19-15(5)13(3)14(4)18(7)16(19)6;1-11-7-8-16(12(2)9-11)18-14(4)10-13(3)17(6)15(18)5;;;/h9-10H,5-6H2,1-4,7H3;8-10H,4-5H2,1-3,6H3;1H4;;/q2*-1;;;. The Kier molecular flexibility index (Phi) is 14.0. The number of benzene rings is 2. The summed E-state index contributed by atoms with van der Waals surface area (Å²) in [5, 5.41) is 0. The first-order valence-electron chi connectivity index (χ1n) is 12.4. The van der Waals surface area contributed by atoms with Crippen LogP contribution in [-0.4, -0.2) is 23.9 Å². The van der Waals surface area contributed by atoms with Crippen LogP contribution in [0, 0.1) is 39.8 Å². The van der Waals surface area contributed by atoms with Gasteiger partial charge in [0.25, 0.3) is 0 Å². The first-order valence-corrected chi connectivity index (χ1v) is 12.4. The number of nitrogens with zero attached hydrogens (tertiary/aromatic N) is 4. The second kappa shape index (κ2) is 14.9. The zero-order valence-electron chi connectivity index (χ0n) is 24.8. The van der Waals surface area contributed by atoms with Gasteiger partial charge in [0.05, 0.1) is 11.6 Å². The number of anilines is 2. The van der Waals surface area contributed by atoms with Crippen LogP contribution in [0.2, 0.25) is 0 Å². The first kappa shape index (κ1) is 37.5. The molecule has 40 heavy (non-hydrogen) atoms. The summed E-state index contributed by atoms with van der Waals surface area (Å²) in [4.78, 5) is 8.34. The summed E-state index contributed by atoms with van der Waals surface area (Å²) in [6.45, 7) is 31.2. The number of rotatable bonds is 2. The normalized spacial score (nSPS) is 15.1. The van der Waals surface area contributed by atoms with Gasteiger partial charge in [-0.25, -0.2) is 0 Å². The Morgan fingerprint density at radius 3 is 1.52 bits per heavy atom. The van der Waals surface area contributed by atoms with Crippen LogP contribution in [0.3, 0.4) is 0 Å². The van der Waals surface area contributed by atoms with Gasteiger partial charge < -0.3 is 19.6 Å². The predicted molar refractivity (Wildman–Crippen MR) is 165 cm³/mol. The van der Waals surface area contributed by atoms with Gasteiger partial charge in [0.15, 0.2) is 0 Å². The van der Waals surface area contributed by atoms with E-state index in [2.05, 4.69) is 118 Å². The molecular weight excluding hydrogens is 832 g/mol. The third kappa shape index (κ3) is 7.39. The second-order valence-corrected chi connectivity index (χ2v) is 9.92. The Balaban J connectivity index is 0.000000708. The molecule has 0 unspecified atom stereocenters. The number of hydrogen-bond donors (Lipinski definition) is 0. The van der Waals surface area contributed by atoms with Crippen molar-refractivity contribution < 1.29 is 42.1 Å². The third-order valence-corrected chi connectivity index (χ3v) is 7.26. The van der Waals surface area contributed by atoms with E-state index in [4.69, 9.17) is 0 Å². The van der Waals surface area contributed by atoms with Crippen LogP contribution >= 0.6 is 0 Å². The molecule has 0 aromatic heterocycles. The van der Waals surface area contributed by atoms with E-state index in [1.54, 1.807) is 0 Å². The topological polar surface area (TPSA) is 13.0 Å². The van der Waals surface area contributed by atoms with Crippen molar-refractivity contribution in [3.8, 4) is 0 Å². The van der Waals surface area contributed by atoms with Crippen molar-refractivity contribution in [3.63, 3.8) is 0 Å². The average Bonchev–Trinajstić information content (AvgIpc) is 2.83. The van der Waals surface area contributed by atoms with Crippen LogP contribution in [0.1, 0.15) is 50.5 Å². The molecule has 2 aliphatic heterocycles. The van der Waals surface area contributed by atoms with Gasteiger partial charge in [-0.1, -0.05) is 72.8 Å². The van der Waals surface area contributed by atoms with Gasteiger partial charge in [-0.2, -0.15) is 47.5 Å². The zero-order valence-corrected chi connectivity index (χ0v) is 30.7. The van der Waals surface area contributed by atoms with E-state index >= 15 is 0 Å². The predicted octanol–water partition coefficient (Wildman–Crippen LogP) is 8.51. The van der Waals surface area contributed by atoms with Crippen molar-refractivity contribution in [2.24, 2.45) is 0 Å². The molecule has 4 rings (SSSR count). The van der Waals surface area contributed by atoms with Crippen molar-refractivity contribution in [1.82, 2.24) is 9.80 Å². The molecule has 0 amide bonds. The van der Waals surface area contributed by atoms with Crippen molar-refractivity contribution in [2.45, 2.75) is 55.9 Å². The average molecular weight is 876 g/mol. The Labute approximate surface area is 272 Å². The molecule has 0 saturated carbocycles. The van der Waals surface area contributed by atoms with Crippen molar-refractivity contribution in [3.05, 3.63) is 131 Å². The molecule has 0 atom stereocenters. The molecule has 0 saturated heterocycles. The minimum atomic E-state index is 0. The fraction of sp³-hybridized carbons (Fsp3) is 0.294. The minimum Gasteiger partial charge on any atom is -0.352 e. The number of aryl methyl sites for hydroxylation is 4. The fourth-order valence-corrected chi connectivity index (χ4v) is 4.58. The molecule has 6 heteroatoms. The van der Waals surface area contributed by atoms with Crippen LogP contribution in [0.5, 0.6) is 0 Å². The maximum absolute atomic E-state index is 4.22. The summed E-state index contributed by atoms with van der Waals surface area (Å²) in [5.41, 5.74) is 12.3. The Morgan fingerprint density at radius 1 is 0.650 bits per heavy atom. The summed E-state index contributed by atoms with van der Waals surface area (Å²) >= 11 is 0. The second-order valence-electron chi connectivity index (χ2n) is 9.92. The summed E-state index contributed by atoms with van der Waals surface area (Å²) in [6.07, 6.45) is 2.06. The van der Waals surface area contributed by atoms with Gasteiger partial charge in [-0.05, 0) is 32.4 Å². The SMILES string of the molecule is C.C=C1C(C)=C(C)N(C)C(=C)N1c1c[c-]c(C)cc1C.C=C1C=C(C)N(C)C(=C)N1c1c[c-]c(C)cc1C.[W].[W]. The van der Waals surface area contributed by atoms with Crippen LogP contribution in [0.15, 0.2) is 96.7 Å². The van der Waals surface area contributed by atoms with Crippen molar-refractivity contribution >= 4 is 11.4 Å². The van der Waals surface area contributed by atoms with Gasteiger partial charge in [0.2, 0.25) is 0 Å². The molecule has 2 aromatic carbocycles. The monoisotopic (exact) mass is 876 g/mol.